The van der Waals surface area contributed by atoms with Crippen molar-refractivity contribution < 1.29 is 5.11 Å². The maximum Gasteiger partial charge on any atom is 0.103 e. The number of rotatable bonds is 11. The normalized spacial score (nSPS) is 12.5. The molecule has 0 saturated heterocycles. The summed E-state index contributed by atoms with van der Waals surface area (Å²) in [6, 6.07) is 6.42. The number of pyridine rings is 1. The first-order chi connectivity index (χ1) is 14.8. The quantitative estimate of drug-likeness (QED) is 0.318. The van der Waals surface area contributed by atoms with Gasteiger partial charge in [0, 0.05) is 65.0 Å². The number of anilines is 1. The molecule has 3 aromatic rings. The molecule has 0 saturated carbocycles. The van der Waals surface area contributed by atoms with E-state index in [-0.39, 0.29) is 6.61 Å². The van der Waals surface area contributed by atoms with Crippen molar-refractivity contribution in [2.24, 2.45) is 0 Å². The van der Waals surface area contributed by atoms with Gasteiger partial charge in [-0.05, 0) is 31.3 Å². The summed E-state index contributed by atoms with van der Waals surface area (Å²) in [5.41, 5.74) is 4.53. The van der Waals surface area contributed by atoms with E-state index in [1.165, 1.54) is 15.8 Å². The number of nitrogens with one attached hydrogen (secondary N) is 2. The van der Waals surface area contributed by atoms with Crippen LogP contribution in [0.3, 0.4) is 0 Å². The summed E-state index contributed by atoms with van der Waals surface area (Å²) in [5.74, 6) is 0. The fourth-order valence-corrected chi connectivity index (χ4v) is 5.04. The highest BCUT2D eigenvalue weighted by atomic mass is 32.2. The highest BCUT2D eigenvalue weighted by molar-refractivity contribution is 8.00. The van der Waals surface area contributed by atoms with E-state index in [2.05, 4.69) is 57.2 Å². The molecule has 0 fully saturated rings. The lowest BCUT2D eigenvalue weighted by Gasteiger charge is -2.19. The Balaban J connectivity index is 1.68. The lowest BCUT2D eigenvalue weighted by atomic mass is 10.1. The Morgan fingerprint density at radius 2 is 2.00 bits per heavy atom. The maximum atomic E-state index is 8.92. The van der Waals surface area contributed by atoms with Crippen molar-refractivity contribution in [3.63, 3.8) is 0 Å². The second kappa shape index (κ2) is 9.78. The van der Waals surface area contributed by atoms with Crippen LogP contribution in [0.5, 0.6) is 0 Å². The SMILES string of the molecule is CCN(CC)CCn1nc2c3c(c(NCCNCCO)ccc31)Sc1cnccc1-2. The van der Waals surface area contributed by atoms with Gasteiger partial charge in [-0.25, -0.2) is 0 Å². The van der Waals surface area contributed by atoms with Crippen LogP contribution in [0.1, 0.15) is 13.8 Å². The van der Waals surface area contributed by atoms with E-state index in [0.29, 0.717) is 6.54 Å². The number of hydrogen-bond donors (Lipinski definition) is 3. The zero-order valence-corrected chi connectivity index (χ0v) is 18.5. The average molecular weight is 427 g/mol. The second-order valence-corrected chi connectivity index (χ2v) is 8.36. The minimum absolute atomic E-state index is 0.160. The molecule has 7 nitrogen and oxygen atoms in total. The lowest BCUT2D eigenvalue weighted by Crippen LogP contribution is -2.27. The Bertz CT molecular complexity index is 1000. The van der Waals surface area contributed by atoms with E-state index >= 15 is 0 Å². The molecule has 0 radical (unpaired) electrons. The summed E-state index contributed by atoms with van der Waals surface area (Å²) in [6.45, 7) is 10.8. The van der Waals surface area contributed by atoms with Crippen molar-refractivity contribution in [1.82, 2.24) is 25.0 Å². The van der Waals surface area contributed by atoms with Crippen LogP contribution in [-0.4, -0.2) is 70.6 Å². The first-order valence-electron chi connectivity index (χ1n) is 10.7. The standard InChI is InChI=1S/C22H30N6OS/c1-3-27(4-2)12-13-28-18-6-5-17(25-10-9-23-11-14-29)22-20(18)21(26-28)16-7-8-24-15-19(16)30-22/h5-8,15,23,25,29H,3-4,9-14H2,1-2H3. The van der Waals surface area contributed by atoms with Crippen LogP contribution in [0, 0.1) is 0 Å². The van der Waals surface area contributed by atoms with Gasteiger partial charge in [-0.2, -0.15) is 5.10 Å². The Morgan fingerprint density at radius 1 is 1.13 bits per heavy atom. The molecule has 3 heterocycles. The number of aliphatic hydroxyl groups excluding tert-OH is 1. The minimum atomic E-state index is 0.160. The molecule has 2 aromatic heterocycles. The van der Waals surface area contributed by atoms with Crippen LogP contribution in [-0.2, 0) is 6.54 Å². The number of fused-ring (bicyclic) bond motifs is 2. The molecule has 0 bridgehead atoms. The smallest absolute Gasteiger partial charge is 0.103 e. The molecule has 0 unspecified atom stereocenters. The first-order valence-corrected chi connectivity index (χ1v) is 11.5. The first kappa shape index (κ1) is 21.1. The van der Waals surface area contributed by atoms with E-state index in [1.807, 2.05) is 12.4 Å². The third kappa shape index (κ3) is 4.18. The molecule has 0 spiro atoms. The van der Waals surface area contributed by atoms with Crippen molar-refractivity contribution >= 4 is 28.4 Å². The predicted molar refractivity (Wildman–Crippen MR) is 123 cm³/mol. The van der Waals surface area contributed by atoms with Crippen LogP contribution in [0.25, 0.3) is 22.2 Å². The zero-order valence-electron chi connectivity index (χ0n) is 17.7. The van der Waals surface area contributed by atoms with Gasteiger partial charge >= 0.3 is 0 Å². The molecular formula is C22H30N6OS. The Hall–Kier alpha value is -2.13. The van der Waals surface area contributed by atoms with Crippen LogP contribution >= 0.6 is 11.8 Å². The molecule has 8 heteroatoms. The summed E-state index contributed by atoms with van der Waals surface area (Å²) in [6.07, 6.45) is 3.78. The van der Waals surface area contributed by atoms with Gasteiger partial charge in [0.25, 0.3) is 0 Å². The third-order valence-electron chi connectivity index (χ3n) is 5.55. The fraction of sp³-hybridized carbons (Fsp3) is 0.455. The van der Waals surface area contributed by atoms with E-state index in [9.17, 15) is 0 Å². The topological polar surface area (TPSA) is 78.2 Å². The maximum absolute atomic E-state index is 8.92. The fourth-order valence-electron chi connectivity index (χ4n) is 3.88. The Kier molecular flexibility index (Phi) is 6.89. The van der Waals surface area contributed by atoms with Crippen molar-refractivity contribution in [3.8, 4) is 11.3 Å². The number of aromatic nitrogens is 3. The van der Waals surface area contributed by atoms with Crippen molar-refractivity contribution in [1.29, 1.82) is 0 Å². The monoisotopic (exact) mass is 426 g/mol. The Labute approximate surface area is 181 Å². The molecule has 1 aliphatic heterocycles. The van der Waals surface area contributed by atoms with Crippen LogP contribution < -0.4 is 10.6 Å². The molecule has 0 aliphatic carbocycles. The molecular weight excluding hydrogens is 396 g/mol. The van der Waals surface area contributed by atoms with E-state index in [1.54, 1.807) is 11.8 Å². The molecule has 0 atom stereocenters. The highest BCUT2D eigenvalue weighted by Crippen LogP contribution is 2.50. The number of benzene rings is 1. The van der Waals surface area contributed by atoms with Crippen molar-refractivity contribution in [2.45, 2.75) is 30.2 Å². The molecule has 160 valence electrons. The molecule has 1 aromatic carbocycles. The molecule has 1 aliphatic rings. The van der Waals surface area contributed by atoms with Gasteiger partial charge in [-0.15, -0.1) is 0 Å². The summed E-state index contributed by atoms with van der Waals surface area (Å²) in [5, 5.41) is 22.0. The summed E-state index contributed by atoms with van der Waals surface area (Å²) in [7, 11) is 0. The van der Waals surface area contributed by atoms with Gasteiger partial charge in [-0.1, -0.05) is 25.6 Å². The van der Waals surface area contributed by atoms with E-state index in [0.717, 1.165) is 61.1 Å². The zero-order chi connectivity index (χ0) is 20.9. The number of nitrogens with zero attached hydrogens (tertiary/aromatic N) is 4. The molecule has 3 N–H and O–H groups in total. The third-order valence-corrected chi connectivity index (χ3v) is 6.72. The molecule has 0 amide bonds. The van der Waals surface area contributed by atoms with E-state index < -0.39 is 0 Å². The summed E-state index contributed by atoms with van der Waals surface area (Å²) >= 11 is 1.77. The van der Waals surface area contributed by atoms with E-state index in [4.69, 9.17) is 10.2 Å². The minimum Gasteiger partial charge on any atom is -0.395 e. The number of likely N-dealkylation sites (N-methyl/N-ethyl adjacent to an activating group) is 1. The number of hydrogen-bond acceptors (Lipinski definition) is 7. The lowest BCUT2D eigenvalue weighted by molar-refractivity contribution is 0.287. The van der Waals surface area contributed by atoms with Gasteiger partial charge in [0.05, 0.1) is 18.7 Å². The summed E-state index contributed by atoms with van der Waals surface area (Å²) < 4.78 is 2.16. The van der Waals surface area contributed by atoms with Crippen molar-refractivity contribution in [3.05, 3.63) is 30.6 Å². The largest absolute Gasteiger partial charge is 0.395 e. The predicted octanol–water partition coefficient (Wildman–Crippen LogP) is 2.90. The van der Waals surface area contributed by atoms with Crippen molar-refractivity contribution in [2.75, 3.05) is 51.2 Å². The average Bonchev–Trinajstić information content (AvgIpc) is 3.15. The molecule has 30 heavy (non-hydrogen) atoms. The summed E-state index contributed by atoms with van der Waals surface area (Å²) in [4.78, 5) is 9.13. The van der Waals surface area contributed by atoms with Crippen LogP contribution in [0.2, 0.25) is 0 Å². The van der Waals surface area contributed by atoms with Gasteiger partial charge in [0.1, 0.15) is 5.69 Å². The Morgan fingerprint density at radius 3 is 2.80 bits per heavy atom. The second-order valence-electron chi connectivity index (χ2n) is 7.31. The van der Waals surface area contributed by atoms with Gasteiger partial charge < -0.3 is 20.6 Å². The van der Waals surface area contributed by atoms with Crippen LogP contribution in [0.15, 0.2) is 40.4 Å². The highest BCUT2D eigenvalue weighted by Gasteiger charge is 2.26. The van der Waals surface area contributed by atoms with Gasteiger partial charge in [0.15, 0.2) is 0 Å². The van der Waals surface area contributed by atoms with Crippen LogP contribution in [0.4, 0.5) is 5.69 Å². The van der Waals surface area contributed by atoms with Gasteiger partial charge in [0.2, 0.25) is 0 Å². The van der Waals surface area contributed by atoms with Gasteiger partial charge in [-0.3, -0.25) is 9.67 Å². The number of aliphatic hydroxyl groups is 1. The molecule has 4 rings (SSSR count).